The highest BCUT2D eigenvalue weighted by Gasteiger charge is 2.16. The largest absolute Gasteiger partial charge is 0.207 e. The molecule has 0 aliphatic heterocycles. The summed E-state index contributed by atoms with van der Waals surface area (Å²) in [6, 6.07) is 15.5. The van der Waals surface area contributed by atoms with Crippen LogP contribution in [0.25, 0.3) is 11.1 Å². The summed E-state index contributed by atoms with van der Waals surface area (Å²) in [7, 11) is 0. The highest BCUT2D eigenvalue weighted by Crippen LogP contribution is 2.34. The van der Waals surface area contributed by atoms with Crippen molar-refractivity contribution < 1.29 is 4.39 Å². The van der Waals surface area contributed by atoms with E-state index in [4.69, 9.17) is 0 Å². The lowest BCUT2D eigenvalue weighted by Crippen LogP contribution is -2.04. The van der Waals surface area contributed by atoms with Gasteiger partial charge in [0, 0.05) is 0 Å². The van der Waals surface area contributed by atoms with Gasteiger partial charge in [0.05, 0.1) is 0 Å². The van der Waals surface area contributed by atoms with E-state index in [2.05, 4.69) is 36.9 Å². The van der Waals surface area contributed by atoms with E-state index in [1.807, 2.05) is 18.2 Å². The van der Waals surface area contributed by atoms with E-state index in [1.165, 1.54) is 37.0 Å². The van der Waals surface area contributed by atoms with Crippen LogP contribution in [0.1, 0.15) is 43.6 Å². The summed E-state index contributed by atoms with van der Waals surface area (Å²) in [5, 5.41) is 0. The number of halogens is 1. The van der Waals surface area contributed by atoms with E-state index in [1.54, 1.807) is 5.57 Å². The zero-order valence-corrected chi connectivity index (χ0v) is 13.5. The molecule has 118 valence electrons. The first-order valence-electron chi connectivity index (χ1n) is 8.41. The van der Waals surface area contributed by atoms with Crippen LogP contribution in [0.3, 0.4) is 0 Å². The van der Waals surface area contributed by atoms with E-state index in [9.17, 15) is 4.39 Å². The Balaban J connectivity index is 1.67. The molecule has 0 heterocycles. The van der Waals surface area contributed by atoms with Crippen molar-refractivity contribution in [3.8, 4) is 11.1 Å². The first kappa shape index (κ1) is 15.7. The SMILES string of the molecule is C=CCCC1=CCC(c2ccc(-c3ccc(F)cc3)cc2)CC1. The Morgan fingerprint density at radius 1 is 1.00 bits per heavy atom. The average molecular weight is 306 g/mol. The molecule has 0 saturated heterocycles. The van der Waals surface area contributed by atoms with E-state index < -0.39 is 0 Å². The quantitative estimate of drug-likeness (QED) is 0.542. The third-order valence-corrected chi connectivity index (χ3v) is 4.73. The van der Waals surface area contributed by atoms with Gasteiger partial charge in [-0.25, -0.2) is 4.39 Å². The second-order valence-electron chi connectivity index (χ2n) is 6.29. The van der Waals surface area contributed by atoms with E-state index in [-0.39, 0.29) is 5.82 Å². The van der Waals surface area contributed by atoms with Gasteiger partial charge in [-0.15, -0.1) is 6.58 Å². The van der Waals surface area contributed by atoms with Gasteiger partial charge in [0.25, 0.3) is 0 Å². The fraction of sp³-hybridized carbons (Fsp3) is 0.273. The maximum Gasteiger partial charge on any atom is 0.123 e. The number of rotatable bonds is 5. The Morgan fingerprint density at radius 2 is 1.65 bits per heavy atom. The van der Waals surface area contributed by atoms with Crippen molar-refractivity contribution in [2.24, 2.45) is 0 Å². The lowest BCUT2D eigenvalue weighted by molar-refractivity contribution is 0.586. The third kappa shape index (κ3) is 3.98. The standard InChI is InChI=1S/C22H23F/c1-2-3-4-17-5-7-18(8-6-17)19-9-11-20(12-10-19)21-13-15-22(23)16-14-21/h2,5,9-16,18H,1,3-4,6-8H2. The molecular formula is C22H23F. The molecule has 1 atom stereocenters. The van der Waals surface area contributed by atoms with Crippen LogP contribution in [0.5, 0.6) is 0 Å². The summed E-state index contributed by atoms with van der Waals surface area (Å²) >= 11 is 0. The van der Waals surface area contributed by atoms with E-state index >= 15 is 0 Å². The van der Waals surface area contributed by atoms with E-state index in [0.717, 1.165) is 24.0 Å². The molecule has 1 unspecified atom stereocenters. The summed E-state index contributed by atoms with van der Waals surface area (Å²) in [6.07, 6.45) is 10.3. The molecule has 23 heavy (non-hydrogen) atoms. The summed E-state index contributed by atoms with van der Waals surface area (Å²) < 4.78 is 13.0. The minimum absolute atomic E-state index is 0.188. The van der Waals surface area contributed by atoms with Crippen LogP contribution in [0, 0.1) is 5.82 Å². The molecule has 0 bridgehead atoms. The monoisotopic (exact) mass is 306 g/mol. The minimum Gasteiger partial charge on any atom is -0.207 e. The van der Waals surface area contributed by atoms with Gasteiger partial charge in [-0.3, -0.25) is 0 Å². The van der Waals surface area contributed by atoms with Crippen LogP contribution in [0.2, 0.25) is 0 Å². The number of hydrogen-bond acceptors (Lipinski definition) is 0. The molecule has 0 saturated carbocycles. The molecule has 0 amide bonds. The van der Waals surface area contributed by atoms with Gasteiger partial charge in [0.2, 0.25) is 0 Å². The molecule has 2 aromatic carbocycles. The lowest BCUT2D eigenvalue weighted by Gasteiger charge is -2.22. The maximum absolute atomic E-state index is 13.0. The highest BCUT2D eigenvalue weighted by atomic mass is 19.1. The Hall–Kier alpha value is -2.15. The fourth-order valence-electron chi connectivity index (χ4n) is 3.30. The maximum atomic E-state index is 13.0. The van der Waals surface area contributed by atoms with Crippen LogP contribution in [-0.2, 0) is 0 Å². The molecule has 0 nitrogen and oxygen atoms in total. The summed E-state index contributed by atoms with van der Waals surface area (Å²) in [6.45, 7) is 3.80. The number of benzene rings is 2. The Kier molecular flexibility index (Phi) is 5.07. The van der Waals surface area contributed by atoms with Crippen LogP contribution >= 0.6 is 0 Å². The molecular weight excluding hydrogens is 283 g/mol. The topological polar surface area (TPSA) is 0 Å². The number of hydrogen-bond donors (Lipinski definition) is 0. The molecule has 1 aliphatic carbocycles. The number of allylic oxidation sites excluding steroid dienone is 3. The zero-order chi connectivity index (χ0) is 16.1. The molecule has 0 spiro atoms. The smallest absolute Gasteiger partial charge is 0.123 e. The summed E-state index contributed by atoms with van der Waals surface area (Å²) in [5.74, 6) is 0.441. The Bertz CT molecular complexity index is 677. The van der Waals surface area contributed by atoms with E-state index in [0.29, 0.717) is 5.92 Å². The van der Waals surface area contributed by atoms with Crippen molar-refractivity contribution in [3.05, 3.63) is 84.2 Å². The van der Waals surface area contributed by atoms with Gasteiger partial charge in [0.1, 0.15) is 5.82 Å². The molecule has 1 heteroatoms. The van der Waals surface area contributed by atoms with Crippen LogP contribution in [0.15, 0.2) is 72.8 Å². The second kappa shape index (κ2) is 7.41. The Labute approximate surface area is 138 Å². The predicted octanol–water partition coefficient (Wildman–Crippen LogP) is 6.65. The summed E-state index contributed by atoms with van der Waals surface area (Å²) in [5.41, 5.74) is 5.21. The normalized spacial score (nSPS) is 17.6. The summed E-state index contributed by atoms with van der Waals surface area (Å²) in [4.78, 5) is 0. The van der Waals surface area contributed by atoms with Gasteiger partial charge in [0.15, 0.2) is 0 Å². The van der Waals surface area contributed by atoms with Crippen LogP contribution in [-0.4, -0.2) is 0 Å². The fourth-order valence-corrected chi connectivity index (χ4v) is 3.30. The predicted molar refractivity (Wildman–Crippen MR) is 95.9 cm³/mol. The van der Waals surface area contributed by atoms with Crippen LogP contribution in [0.4, 0.5) is 4.39 Å². The van der Waals surface area contributed by atoms with Crippen molar-refractivity contribution in [2.75, 3.05) is 0 Å². The molecule has 0 radical (unpaired) electrons. The molecule has 3 rings (SSSR count). The second-order valence-corrected chi connectivity index (χ2v) is 6.29. The molecule has 0 aromatic heterocycles. The first-order valence-corrected chi connectivity index (χ1v) is 8.41. The highest BCUT2D eigenvalue weighted by molar-refractivity contribution is 5.63. The van der Waals surface area contributed by atoms with Crippen molar-refractivity contribution in [1.29, 1.82) is 0 Å². The lowest BCUT2D eigenvalue weighted by atomic mass is 9.83. The van der Waals surface area contributed by atoms with Gasteiger partial charge in [-0.1, -0.05) is 54.1 Å². The van der Waals surface area contributed by atoms with Crippen molar-refractivity contribution in [1.82, 2.24) is 0 Å². The molecule has 0 fully saturated rings. The first-order chi connectivity index (χ1) is 11.3. The molecule has 0 N–H and O–H groups in total. The third-order valence-electron chi connectivity index (χ3n) is 4.73. The van der Waals surface area contributed by atoms with Gasteiger partial charge in [-0.2, -0.15) is 0 Å². The van der Waals surface area contributed by atoms with Gasteiger partial charge >= 0.3 is 0 Å². The zero-order valence-electron chi connectivity index (χ0n) is 13.5. The molecule has 1 aliphatic rings. The van der Waals surface area contributed by atoms with Crippen molar-refractivity contribution in [2.45, 2.75) is 38.0 Å². The minimum atomic E-state index is -0.188. The van der Waals surface area contributed by atoms with Crippen molar-refractivity contribution in [3.63, 3.8) is 0 Å². The Morgan fingerprint density at radius 3 is 2.22 bits per heavy atom. The van der Waals surface area contributed by atoms with Crippen molar-refractivity contribution >= 4 is 0 Å². The average Bonchev–Trinajstić information content (AvgIpc) is 2.61. The van der Waals surface area contributed by atoms with Crippen LogP contribution < -0.4 is 0 Å². The van der Waals surface area contributed by atoms with Gasteiger partial charge < -0.3 is 0 Å². The van der Waals surface area contributed by atoms with Gasteiger partial charge in [-0.05, 0) is 66.8 Å². The molecule has 2 aromatic rings.